The van der Waals surface area contributed by atoms with Crippen LogP contribution in [0.5, 0.6) is 0 Å². The fourth-order valence-corrected chi connectivity index (χ4v) is 3.53. The molecule has 0 saturated carbocycles. The first-order valence-corrected chi connectivity index (χ1v) is 10.0. The Hall–Kier alpha value is -2.94. The molecule has 2 nitrogen and oxygen atoms in total. The van der Waals surface area contributed by atoms with Gasteiger partial charge in [-0.05, 0) is 23.1 Å². The van der Waals surface area contributed by atoms with Crippen molar-refractivity contribution in [2.24, 2.45) is 0 Å². The van der Waals surface area contributed by atoms with Crippen LogP contribution < -0.4 is 5.32 Å². The highest BCUT2D eigenvalue weighted by atomic mass is 16.5. The zero-order chi connectivity index (χ0) is 20.3. The number of hydrogen-bond acceptors (Lipinski definition) is 2. The van der Waals surface area contributed by atoms with Crippen molar-refractivity contribution in [1.29, 1.82) is 0 Å². The van der Waals surface area contributed by atoms with Gasteiger partial charge in [-0.2, -0.15) is 0 Å². The number of hydrogen-bond donors (Lipinski definition) is 1. The maximum absolute atomic E-state index is 5.98. The molecule has 3 aromatic rings. The Bertz CT molecular complexity index is 874. The fourth-order valence-electron chi connectivity index (χ4n) is 3.53. The zero-order valence-corrected chi connectivity index (χ0v) is 16.9. The summed E-state index contributed by atoms with van der Waals surface area (Å²) >= 11 is 0. The van der Waals surface area contributed by atoms with Crippen molar-refractivity contribution in [3.63, 3.8) is 0 Å². The molecule has 0 heterocycles. The lowest BCUT2D eigenvalue weighted by molar-refractivity contribution is 0.0651. The zero-order valence-electron chi connectivity index (χ0n) is 16.9. The van der Waals surface area contributed by atoms with Crippen LogP contribution in [0.15, 0.2) is 110 Å². The van der Waals surface area contributed by atoms with Gasteiger partial charge in [-0.3, -0.25) is 0 Å². The lowest BCUT2D eigenvalue weighted by Gasteiger charge is -2.31. The molecule has 3 rings (SSSR count). The molecule has 0 aliphatic rings. The third kappa shape index (κ3) is 6.02. The van der Waals surface area contributed by atoms with E-state index < -0.39 is 0 Å². The highest BCUT2D eigenvalue weighted by Crippen LogP contribution is 2.32. The number of methoxy groups -OCH3 is 1. The lowest BCUT2D eigenvalue weighted by atomic mass is 9.94. The number of benzene rings is 3. The van der Waals surface area contributed by atoms with Crippen LogP contribution in [0.2, 0.25) is 0 Å². The van der Waals surface area contributed by atoms with E-state index in [9.17, 15) is 0 Å². The number of nitrogens with one attached hydrogen (secondary N) is 1. The van der Waals surface area contributed by atoms with Gasteiger partial charge in [-0.15, -0.1) is 6.58 Å². The van der Waals surface area contributed by atoms with Crippen LogP contribution in [-0.4, -0.2) is 13.2 Å². The van der Waals surface area contributed by atoms with Crippen LogP contribution in [0.1, 0.15) is 35.3 Å². The second-order valence-corrected chi connectivity index (χ2v) is 7.02. The van der Waals surface area contributed by atoms with Crippen molar-refractivity contribution in [1.82, 2.24) is 5.32 Å². The summed E-state index contributed by atoms with van der Waals surface area (Å²) in [6.07, 6.45) is 7.06. The van der Waals surface area contributed by atoms with E-state index in [1.807, 2.05) is 24.3 Å². The molecule has 0 aliphatic carbocycles. The highest BCUT2D eigenvalue weighted by molar-refractivity contribution is 5.49. The maximum atomic E-state index is 5.98. The average Bonchev–Trinajstić information content (AvgIpc) is 2.79. The maximum Gasteiger partial charge on any atom is 0.102 e. The van der Waals surface area contributed by atoms with Crippen molar-refractivity contribution in [3.8, 4) is 0 Å². The molecule has 0 unspecified atom stereocenters. The minimum absolute atomic E-state index is 0.00831. The molecule has 1 N–H and O–H groups in total. The van der Waals surface area contributed by atoms with Gasteiger partial charge >= 0.3 is 0 Å². The molecular weight excluding hydrogens is 354 g/mol. The summed E-state index contributed by atoms with van der Waals surface area (Å²) < 4.78 is 5.98. The molecule has 3 aromatic carbocycles. The van der Waals surface area contributed by atoms with E-state index >= 15 is 0 Å². The SMILES string of the molecule is C=CC[C@H](/C=C/c1ccccc1)N[C@@H](c1ccccc1)[C@H](OC)c1ccccc1. The summed E-state index contributed by atoms with van der Waals surface area (Å²) in [6.45, 7) is 3.95. The van der Waals surface area contributed by atoms with E-state index in [0.717, 1.165) is 12.0 Å². The Morgan fingerprint density at radius 3 is 1.93 bits per heavy atom. The Morgan fingerprint density at radius 2 is 1.38 bits per heavy atom. The first-order chi connectivity index (χ1) is 14.3. The summed E-state index contributed by atoms with van der Waals surface area (Å²) in [6, 6.07) is 31.4. The van der Waals surface area contributed by atoms with Crippen LogP contribution in [0.3, 0.4) is 0 Å². The van der Waals surface area contributed by atoms with Crippen LogP contribution in [0.25, 0.3) is 6.08 Å². The average molecular weight is 384 g/mol. The summed E-state index contributed by atoms with van der Waals surface area (Å²) in [5, 5.41) is 3.81. The lowest BCUT2D eigenvalue weighted by Crippen LogP contribution is -2.35. The van der Waals surface area contributed by atoms with Gasteiger partial charge in [0.05, 0.1) is 6.04 Å². The minimum atomic E-state index is -0.101. The molecule has 0 fully saturated rings. The molecule has 2 heteroatoms. The first-order valence-electron chi connectivity index (χ1n) is 10.0. The smallest absolute Gasteiger partial charge is 0.102 e. The number of ether oxygens (including phenoxy) is 1. The summed E-state index contributed by atoms with van der Waals surface area (Å²) in [4.78, 5) is 0. The normalized spacial score (nSPS) is 14.4. The summed E-state index contributed by atoms with van der Waals surface area (Å²) in [5.74, 6) is 0. The molecule has 3 atom stereocenters. The van der Waals surface area contributed by atoms with Crippen LogP contribution in [0.4, 0.5) is 0 Å². The van der Waals surface area contributed by atoms with Gasteiger partial charge in [-0.1, -0.05) is 109 Å². The summed E-state index contributed by atoms with van der Waals surface area (Å²) in [5.41, 5.74) is 3.54. The summed E-state index contributed by atoms with van der Waals surface area (Å²) in [7, 11) is 1.78. The predicted octanol–water partition coefficient (Wildman–Crippen LogP) is 6.36. The highest BCUT2D eigenvalue weighted by Gasteiger charge is 2.26. The van der Waals surface area contributed by atoms with E-state index in [0.29, 0.717) is 0 Å². The minimum Gasteiger partial charge on any atom is -0.375 e. The Balaban J connectivity index is 1.90. The molecule has 148 valence electrons. The van der Waals surface area contributed by atoms with Crippen molar-refractivity contribution in [2.75, 3.05) is 7.11 Å². The Kier molecular flexibility index (Phi) is 8.00. The molecule has 0 aliphatic heterocycles. The second-order valence-electron chi connectivity index (χ2n) is 7.02. The van der Waals surface area contributed by atoms with E-state index in [2.05, 4.69) is 96.8 Å². The third-order valence-corrected chi connectivity index (χ3v) is 4.98. The fraction of sp³-hybridized carbons (Fsp3) is 0.185. The van der Waals surface area contributed by atoms with Gasteiger partial charge in [0.15, 0.2) is 0 Å². The van der Waals surface area contributed by atoms with Crippen LogP contribution >= 0.6 is 0 Å². The van der Waals surface area contributed by atoms with Crippen molar-refractivity contribution in [3.05, 3.63) is 126 Å². The van der Waals surface area contributed by atoms with Gasteiger partial charge in [-0.25, -0.2) is 0 Å². The first kappa shape index (κ1) is 20.8. The standard InChI is InChI=1S/C27H29NO/c1-3-13-25(21-20-22-14-7-4-8-15-22)28-26(23-16-9-5-10-17-23)27(29-2)24-18-11-6-12-19-24/h3-12,14-21,25-28H,1,13H2,2H3/b21-20+/t25-,26+,27-/m1/s1. The molecular formula is C27H29NO. The Labute approximate surface area is 174 Å². The van der Waals surface area contributed by atoms with Crippen LogP contribution in [-0.2, 0) is 4.74 Å². The van der Waals surface area contributed by atoms with E-state index in [1.165, 1.54) is 11.1 Å². The quantitative estimate of drug-likeness (QED) is 0.411. The largest absolute Gasteiger partial charge is 0.375 e. The predicted molar refractivity (Wildman–Crippen MR) is 123 cm³/mol. The van der Waals surface area contributed by atoms with Gasteiger partial charge in [0, 0.05) is 13.2 Å². The molecule has 0 amide bonds. The third-order valence-electron chi connectivity index (χ3n) is 4.98. The monoisotopic (exact) mass is 383 g/mol. The van der Waals surface area contributed by atoms with Crippen LogP contribution in [0, 0.1) is 0 Å². The van der Waals surface area contributed by atoms with E-state index in [4.69, 9.17) is 4.74 Å². The molecule has 0 spiro atoms. The van der Waals surface area contributed by atoms with Gasteiger partial charge in [0.25, 0.3) is 0 Å². The van der Waals surface area contributed by atoms with Gasteiger partial charge < -0.3 is 10.1 Å². The van der Waals surface area contributed by atoms with E-state index in [-0.39, 0.29) is 18.2 Å². The molecule has 0 radical (unpaired) electrons. The second kappa shape index (κ2) is 11.2. The van der Waals surface area contributed by atoms with Gasteiger partial charge in [0.2, 0.25) is 0 Å². The Morgan fingerprint density at radius 1 is 0.828 bits per heavy atom. The molecule has 0 saturated heterocycles. The van der Waals surface area contributed by atoms with Crippen molar-refractivity contribution < 1.29 is 4.74 Å². The molecule has 29 heavy (non-hydrogen) atoms. The van der Waals surface area contributed by atoms with E-state index in [1.54, 1.807) is 7.11 Å². The topological polar surface area (TPSA) is 21.3 Å². The molecule has 0 bridgehead atoms. The number of rotatable bonds is 10. The van der Waals surface area contributed by atoms with Gasteiger partial charge in [0.1, 0.15) is 6.10 Å². The van der Waals surface area contributed by atoms with Crippen molar-refractivity contribution in [2.45, 2.75) is 24.6 Å². The molecule has 0 aromatic heterocycles. The van der Waals surface area contributed by atoms with Crippen molar-refractivity contribution >= 4 is 6.08 Å².